The van der Waals surface area contributed by atoms with Gasteiger partial charge in [0.1, 0.15) is 0 Å². The summed E-state index contributed by atoms with van der Waals surface area (Å²) >= 11 is 11.6. The maximum absolute atomic E-state index is 11.9. The van der Waals surface area contributed by atoms with Gasteiger partial charge in [-0.25, -0.2) is 0 Å². The molecule has 0 radical (unpaired) electrons. The van der Waals surface area contributed by atoms with E-state index in [4.69, 9.17) is 23.2 Å². The molecular weight excluding hydrogens is 261 g/mol. The molecule has 0 spiro atoms. The molecule has 0 bridgehead atoms. The molecule has 3 nitrogen and oxygen atoms in total. The molecular formula is C12H15Cl2NO2. The van der Waals surface area contributed by atoms with Crippen LogP contribution in [0.2, 0.25) is 10.0 Å². The summed E-state index contributed by atoms with van der Waals surface area (Å²) in [6.07, 6.45) is 0.635. The summed E-state index contributed by atoms with van der Waals surface area (Å²) in [5.74, 6) is -0.276. The highest BCUT2D eigenvalue weighted by atomic mass is 35.5. The average molecular weight is 276 g/mol. The van der Waals surface area contributed by atoms with Gasteiger partial charge < -0.3 is 10.4 Å². The Morgan fingerprint density at radius 1 is 1.41 bits per heavy atom. The molecule has 0 fully saturated rings. The van der Waals surface area contributed by atoms with Crippen molar-refractivity contribution < 1.29 is 9.90 Å². The number of nitrogens with one attached hydrogen (secondary N) is 1. The Kier molecular flexibility index (Phi) is 4.80. The molecule has 1 unspecified atom stereocenters. The second-order valence-electron chi connectivity index (χ2n) is 4.16. The lowest BCUT2D eigenvalue weighted by atomic mass is 9.99. The molecule has 0 aliphatic carbocycles. The molecule has 2 N–H and O–H groups in total. The van der Waals surface area contributed by atoms with Gasteiger partial charge in [0.15, 0.2) is 0 Å². The first-order chi connectivity index (χ1) is 7.91. The van der Waals surface area contributed by atoms with E-state index in [0.29, 0.717) is 22.0 Å². The Labute approximate surface area is 111 Å². The lowest BCUT2D eigenvalue weighted by molar-refractivity contribution is 0.0847. The third-order valence-corrected chi connectivity index (χ3v) is 3.47. The minimum Gasteiger partial charge on any atom is -0.394 e. The van der Waals surface area contributed by atoms with Gasteiger partial charge in [-0.15, -0.1) is 0 Å². The van der Waals surface area contributed by atoms with Gasteiger partial charge in [-0.3, -0.25) is 4.79 Å². The Bertz CT molecular complexity index is 417. The molecule has 1 amide bonds. The topological polar surface area (TPSA) is 49.3 Å². The second-order valence-corrected chi connectivity index (χ2v) is 4.97. The Hall–Kier alpha value is -0.770. The number of aliphatic hydroxyl groups is 1. The first-order valence-corrected chi connectivity index (χ1v) is 6.06. The first-order valence-electron chi connectivity index (χ1n) is 5.30. The number of aliphatic hydroxyl groups excluding tert-OH is 1. The van der Waals surface area contributed by atoms with Crippen LogP contribution in [0.1, 0.15) is 30.6 Å². The predicted molar refractivity (Wildman–Crippen MR) is 69.7 cm³/mol. The molecule has 94 valence electrons. The van der Waals surface area contributed by atoms with E-state index >= 15 is 0 Å². The molecule has 0 aromatic heterocycles. The van der Waals surface area contributed by atoms with E-state index in [2.05, 4.69) is 5.32 Å². The van der Waals surface area contributed by atoms with Gasteiger partial charge in [0.2, 0.25) is 0 Å². The summed E-state index contributed by atoms with van der Waals surface area (Å²) in [7, 11) is 0. The number of carbonyl (C=O) groups is 1. The zero-order chi connectivity index (χ0) is 13.1. The quantitative estimate of drug-likeness (QED) is 0.888. The summed E-state index contributed by atoms with van der Waals surface area (Å²) in [6.45, 7) is 3.56. The first kappa shape index (κ1) is 14.3. The number of benzene rings is 1. The van der Waals surface area contributed by atoms with Crippen LogP contribution in [-0.4, -0.2) is 23.2 Å². The SMILES string of the molecule is CCC(C)(CO)NC(=O)c1ccc(Cl)c(Cl)c1. The van der Waals surface area contributed by atoms with Crippen LogP contribution in [0.3, 0.4) is 0 Å². The Morgan fingerprint density at radius 3 is 2.53 bits per heavy atom. The van der Waals surface area contributed by atoms with Crippen molar-refractivity contribution in [1.29, 1.82) is 0 Å². The van der Waals surface area contributed by atoms with Gasteiger partial charge in [0.05, 0.1) is 22.2 Å². The minimum absolute atomic E-state index is 0.115. The smallest absolute Gasteiger partial charge is 0.251 e. The number of rotatable bonds is 4. The predicted octanol–water partition coefficient (Wildman–Crippen LogP) is 2.88. The van der Waals surface area contributed by atoms with Gasteiger partial charge in [-0.2, -0.15) is 0 Å². The summed E-state index contributed by atoms with van der Waals surface area (Å²) in [6, 6.07) is 4.67. The van der Waals surface area contributed by atoms with Crippen molar-refractivity contribution in [2.75, 3.05) is 6.61 Å². The fourth-order valence-electron chi connectivity index (χ4n) is 1.22. The number of hydrogen-bond donors (Lipinski definition) is 2. The lowest BCUT2D eigenvalue weighted by Gasteiger charge is -2.27. The number of halogens is 2. The summed E-state index contributed by atoms with van der Waals surface area (Å²) in [5.41, 5.74) is -0.198. The van der Waals surface area contributed by atoms with E-state index < -0.39 is 5.54 Å². The van der Waals surface area contributed by atoms with Crippen LogP contribution in [0.25, 0.3) is 0 Å². The maximum atomic E-state index is 11.9. The fourth-order valence-corrected chi connectivity index (χ4v) is 1.52. The van der Waals surface area contributed by atoms with E-state index in [1.54, 1.807) is 19.1 Å². The molecule has 0 saturated carbocycles. The highest BCUT2D eigenvalue weighted by molar-refractivity contribution is 6.42. The van der Waals surface area contributed by atoms with Crippen LogP contribution in [0.15, 0.2) is 18.2 Å². The van der Waals surface area contributed by atoms with Gasteiger partial charge in [-0.1, -0.05) is 30.1 Å². The van der Waals surface area contributed by atoms with E-state index in [1.807, 2.05) is 6.92 Å². The van der Waals surface area contributed by atoms with Gasteiger partial charge in [-0.05, 0) is 31.5 Å². The minimum atomic E-state index is -0.622. The molecule has 0 saturated heterocycles. The van der Waals surface area contributed by atoms with Crippen LogP contribution >= 0.6 is 23.2 Å². The van der Waals surface area contributed by atoms with Crippen LogP contribution in [0.4, 0.5) is 0 Å². The summed E-state index contributed by atoms with van der Waals surface area (Å²) in [5, 5.41) is 12.7. The molecule has 5 heteroatoms. The normalized spacial score (nSPS) is 14.2. The standard InChI is InChI=1S/C12H15Cl2NO2/c1-3-12(2,7-16)15-11(17)8-4-5-9(13)10(14)6-8/h4-6,16H,3,7H2,1-2H3,(H,15,17). The molecule has 17 heavy (non-hydrogen) atoms. The van der Waals surface area contributed by atoms with Crippen molar-refractivity contribution in [2.45, 2.75) is 25.8 Å². The highest BCUT2D eigenvalue weighted by Crippen LogP contribution is 2.23. The van der Waals surface area contributed by atoms with E-state index in [0.717, 1.165) is 0 Å². The zero-order valence-corrected chi connectivity index (χ0v) is 11.3. The lowest BCUT2D eigenvalue weighted by Crippen LogP contribution is -2.48. The Balaban J connectivity index is 2.86. The molecule has 1 rings (SSSR count). The third kappa shape index (κ3) is 3.60. The molecule has 1 aromatic carbocycles. The maximum Gasteiger partial charge on any atom is 0.251 e. The van der Waals surface area contributed by atoms with Crippen molar-refractivity contribution in [3.05, 3.63) is 33.8 Å². The molecule has 0 aliphatic heterocycles. The van der Waals surface area contributed by atoms with Crippen molar-refractivity contribution in [2.24, 2.45) is 0 Å². The van der Waals surface area contributed by atoms with E-state index in [-0.39, 0.29) is 12.5 Å². The molecule has 1 aromatic rings. The van der Waals surface area contributed by atoms with Crippen LogP contribution < -0.4 is 5.32 Å². The fraction of sp³-hybridized carbons (Fsp3) is 0.417. The van der Waals surface area contributed by atoms with E-state index in [9.17, 15) is 9.90 Å². The van der Waals surface area contributed by atoms with Gasteiger partial charge in [0, 0.05) is 5.56 Å². The number of amides is 1. The van der Waals surface area contributed by atoms with Crippen LogP contribution in [-0.2, 0) is 0 Å². The molecule has 1 atom stereocenters. The largest absolute Gasteiger partial charge is 0.394 e. The third-order valence-electron chi connectivity index (χ3n) is 2.73. The van der Waals surface area contributed by atoms with Crippen molar-refractivity contribution in [3.63, 3.8) is 0 Å². The van der Waals surface area contributed by atoms with Gasteiger partial charge >= 0.3 is 0 Å². The van der Waals surface area contributed by atoms with Crippen molar-refractivity contribution in [3.8, 4) is 0 Å². The average Bonchev–Trinajstić information content (AvgIpc) is 2.32. The van der Waals surface area contributed by atoms with Gasteiger partial charge in [0.25, 0.3) is 5.91 Å². The van der Waals surface area contributed by atoms with Crippen LogP contribution in [0, 0.1) is 0 Å². The highest BCUT2D eigenvalue weighted by Gasteiger charge is 2.23. The molecule has 0 aliphatic rings. The number of carbonyl (C=O) groups excluding carboxylic acids is 1. The van der Waals surface area contributed by atoms with Crippen molar-refractivity contribution in [1.82, 2.24) is 5.32 Å². The summed E-state index contributed by atoms with van der Waals surface area (Å²) in [4.78, 5) is 11.9. The monoisotopic (exact) mass is 275 g/mol. The molecule has 0 heterocycles. The van der Waals surface area contributed by atoms with Crippen LogP contribution in [0.5, 0.6) is 0 Å². The van der Waals surface area contributed by atoms with Crippen molar-refractivity contribution >= 4 is 29.1 Å². The second kappa shape index (κ2) is 5.71. The van der Waals surface area contributed by atoms with E-state index in [1.165, 1.54) is 6.07 Å². The zero-order valence-electron chi connectivity index (χ0n) is 9.76. The Morgan fingerprint density at radius 2 is 2.06 bits per heavy atom. The summed E-state index contributed by atoms with van der Waals surface area (Å²) < 4.78 is 0. The number of hydrogen-bond acceptors (Lipinski definition) is 2.